The fraction of sp³-hybridized carbons (Fsp3) is 0.0588. The van der Waals surface area contributed by atoms with E-state index in [1.807, 2.05) is 6.92 Å². The van der Waals surface area contributed by atoms with E-state index in [0.717, 1.165) is 5.56 Å². The van der Waals surface area contributed by atoms with Crippen molar-refractivity contribution < 1.29 is 4.79 Å². The van der Waals surface area contributed by atoms with E-state index in [4.69, 9.17) is 46.4 Å². The summed E-state index contributed by atoms with van der Waals surface area (Å²) in [5, 5.41) is 1.64. The topological polar surface area (TPSA) is 30.0 Å². The van der Waals surface area contributed by atoms with Crippen molar-refractivity contribution >= 4 is 62.5 Å². The van der Waals surface area contributed by atoms with Crippen LogP contribution in [0, 0.1) is 6.92 Å². The molecule has 1 heterocycles. The second-order valence-corrected chi connectivity index (χ2v) is 6.62. The molecular formula is C17H9Cl4NO. The van der Waals surface area contributed by atoms with Crippen LogP contribution in [-0.4, -0.2) is 10.2 Å². The molecule has 3 aromatic rings. The van der Waals surface area contributed by atoms with Gasteiger partial charge in [-0.2, -0.15) is 0 Å². The Kier molecular flexibility index (Phi) is 4.52. The van der Waals surface area contributed by atoms with Crippen LogP contribution in [0.4, 0.5) is 0 Å². The first-order valence-corrected chi connectivity index (χ1v) is 8.15. The number of fused-ring (bicyclic) bond motifs is 1. The molecule has 1 aromatic heterocycles. The smallest absolute Gasteiger partial charge is 0.253 e. The summed E-state index contributed by atoms with van der Waals surface area (Å²) in [4.78, 5) is 16.4. The molecule has 0 saturated carbocycles. The Hall–Kier alpha value is -1.32. The van der Waals surface area contributed by atoms with Gasteiger partial charge in [0.1, 0.15) is 0 Å². The first kappa shape index (κ1) is 16.5. The normalized spacial score (nSPS) is 11.0. The van der Waals surface area contributed by atoms with Gasteiger partial charge in [0.2, 0.25) is 0 Å². The lowest BCUT2D eigenvalue weighted by Crippen LogP contribution is -1.98. The standard InChI is InChI=1S/C17H9Cl4NO/c1-8-13(19)5-3-10-11(17(21)23)7-15(22-16(8)10)12-6-9(18)2-4-14(12)20/h2-7H,1H3. The van der Waals surface area contributed by atoms with Crippen LogP contribution in [0.2, 0.25) is 15.1 Å². The molecule has 2 aromatic carbocycles. The molecular weight excluding hydrogens is 376 g/mol. The number of rotatable bonds is 2. The molecule has 23 heavy (non-hydrogen) atoms. The lowest BCUT2D eigenvalue weighted by Gasteiger charge is -2.11. The number of benzene rings is 2. The van der Waals surface area contributed by atoms with Gasteiger partial charge >= 0.3 is 0 Å². The Morgan fingerprint density at radius 2 is 1.70 bits per heavy atom. The molecule has 0 unspecified atom stereocenters. The Labute approximate surface area is 152 Å². The minimum absolute atomic E-state index is 0.350. The van der Waals surface area contributed by atoms with Crippen LogP contribution in [0.25, 0.3) is 22.2 Å². The van der Waals surface area contributed by atoms with Crippen molar-refractivity contribution in [2.75, 3.05) is 0 Å². The second kappa shape index (κ2) is 6.29. The predicted octanol–water partition coefficient (Wildman–Crippen LogP) is 6.55. The summed E-state index contributed by atoms with van der Waals surface area (Å²) in [6, 6.07) is 10.1. The lowest BCUT2D eigenvalue weighted by molar-refractivity contribution is 0.108. The average molecular weight is 385 g/mol. The molecule has 0 N–H and O–H groups in total. The van der Waals surface area contributed by atoms with Crippen LogP contribution in [0.3, 0.4) is 0 Å². The van der Waals surface area contributed by atoms with Gasteiger partial charge in [0.25, 0.3) is 5.24 Å². The van der Waals surface area contributed by atoms with Crippen molar-refractivity contribution in [3.05, 3.63) is 62.6 Å². The van der Waals surface area contributed by atoms with Gasteiger partial charge in [-0.15, -0.1) is 0 Å². The van der Waals surface area contributed by atoms with Crippen molar-refractivity contribution in [3.63, 3.8) is 0 Å². The number of halogens is 4. The first-order chi connectivity index (χ1) is 10.9. The molecule has 0 saturated heterocycles. The van der Waals surface area contributed by atoms with Gasteiger partial charge in [0.15, 0.2) is 0 Å². The third-order valence-electron chi connectivity index (χ3n) is 3.58. The van der Waals surface area contributed by atoms with Crippen LogP contribution in [0.5, 0.6) is 0 Å². The number of hydrogen-bond acceptors (Lipinski definition) is 2. The van der Waals surface area contributed by atoms with Crippen LogP contribution < -0.4 is 0 Å². The van der Waals surface area contributed by atoms with Gasteiger partial charge in [-0.25, -0.2) is 4.98 Å². The molecule has 6 heteroatoms. The van der Waals surface area contributed by atoms with Crippen LogP contribution in [0.1, 0.15) is 15.9 Å². The Balaban J connectivity index is 2.41. The lowest BCUT2D eigenvalue weighted by atomic mass is 10.0. The van der Waals surface area contributed by atoms with Crippen LogP contribution in [-0.2, 0) is 0 Å². The van der Waals surface area contributed by atoms with Gasteiger partial charge in [0.05, 0.1) is 16.2 Å². The quantitative estimate of drug-likeness (QED) is 0.469. The maximum Gasteiger partial charge on any atom is 0.253 e. The Morgan fingerprint density at radius 3 is 2.39 bits per heavy atom. The molecule has 3 rings (SSSR count). The van der Waals surface area contributed by atoms with E-state index in [1.165, 1.54) is 0 Å². The molecule has 0 aliphatic carbocycles. The Bertz CT molecular complexity index is 953. The number of aromatic nitrogens is 1. The molecule has 0 aliphatic heterocycles. The highest BCUT2D eigenvalue weighted by atomic mass is 35.5. The van der Waals surface area contributed by atoms with E-state index in [9.17, 15) is 4.79 Å². The first-order valence-electron chi connectivity index (χ1n) is 6.63. The minimum atomic E-state index is -0.571. The van der Waals surface area contributed by atoms with Crippen molar-refractivity contribution in [1.29, 1.82) is 0 Å². The summed E-state index contributed by atoms with van der Waals surface area (Å²) >= 11 is 24.2. The van der Waals surface area contributed by atoms with Gasteiger partial charge < -0.3 is 0 Å². The van der Waals surface area contributed by atoms with E-state index < -0.39 is 5.24 Å². The van der Waals surface area contributed by atoms with E-state index >= 15 is 0 Å². The van der Waals surface area contributed by atoms with Crippen molar-refractivity contribution in [1.82, 2.24) is 4.98 Å². The number of aryl methyl sites for hydroxylation is 1. The summed E-state index contributed by atoms with van der Waals surface area (Å²) in [6.07, 6.45) is 0. The van der Waals surface area contributed by atoms with Crippen LogP contribution >= 0.6 is 46.4 Å². The van der Waals surface area contributed by atoms with E-state index in [2.05, 4.69) is 4.98 Å². The highest BCUT2D eigenvalue weighted by Gasteiger charge is 2.16. The number of pyridine rings is 1. The SMILES string of the molecule is Cc1c(Cl)ccc2c(C(=O)Cl)cc(-c3cc(Cl)ccc3Cl)nc12. The van der Waals surface area contributed by atoms with Crippen molar-refractivity contribution in [3.8, 4) is 11.3 Å². The van der Waals surface area contributed by atoms with Gasteiger partial charge in [0, 0.05) is 26.6 Å². The van der Waals surface area contributed by atoms with Gasteiger partial charge in [-0.05, 0) is 54.4 Å². The Morgan fingerprint density at radius 1 is 1.00 bits per heavy atom. The van der Waals surface area contributed by atoms with Gasteiger partial charge in [-0.1, -0.05) is 40.9 Å². The molecule has 0 bridgehead atoms. The van der Waals surface area contributed by atoms with E-state index in [1.54, 1.807) is 36.4 Å². The van der Waals surface area contributed by atoms with Crippen molar-refractivity contribution in [2.45, 2.75) is 6.92 Å². The zero-order valence-electron chi connectivity index (χ0n) is 11.8. The third-order valence-corrected chi connectivity index (χ3v) is 4.76. The summed E-state index contributed by atoms with van der Waals surface area (Å²) in [5.41, 5.74) is 2.86. The second-order valence-electron chi connectivity index (χ2n) is 5.02. The molecule has 116 valence electrons. The predicted molar refractivity (Wildman–Crippen MR) is 97.1 cm³/mol. The molecule has 0 radical (unpaired) electrons. The number of carbonyl (C=O) groups is 1. The van der Waals surface area contributed by atoms with E-state index in [-0.39, 0.29) is 0 Å². The number of nitrogens with zero attached hydrogens (tertiary/aromatic N) is 1. The molecule has 0 amide bonds. The number of hydrogen-bond donors (Lipinski definition) is 0. The molecule has 0 atom stereocenters. The zero-order chi connectivity index (χ0) is 16.7. The summed E-state index contributed by atoms with van der Waals surface area (Å²) in [5.74, 6) is 0. The molecule has 0 fully saturated rings. The fourth-order valence-corrected chi connectivity index (χ4v) is 3.09. The molecule has 0 spiro atoms. The molecule has 0 aliphatic rings. The zero-order valence-corrected chi connectivity index (χ0v) is 14.9. The number of carbonyl (C=O) groups excluding carboxylic acids is 1. The average Bonchev–Trinajstić information content (AvgIpc) is 2.52. The summed E-state index contributed by atoms with van der Waals surface area (Å²) in [6.45, 7) is 1.84. The summed E-state index contributed by atoms with van der Waals surface area (Å²) in [7, 11) is 0. The van der Waals surface area contributed by atoms with E-state index in [0.29, 0.717) is 42.8 Å². The monoisotopic (exact) mass is 383 g/mol. The minimum Gasteiger partial charge on any atom is -0.276 e. The maximum atomic E-state index is 11.8. The maximum absolute atomic E-state index is 11.8. The van der Waals surface area contributed by atoms with Crippen molar-refractivity contribution in [2.24, 2.45) is 0 Å². The highest BCUT2D eigenvalue weighted by Crippen LogP contribution is 2.34. The summed E-state index contributed by atoms with van der Waals surface area (Å²) < 4.78 is 0. The fourth-order valence-electron chi connectivity index (χ4n) is 2.40. The third kappa shape index (κ3) is 3.05. The highest BCUT2D eigenvalue weighted by molar-refractivity contribution is 6.68. The largest absolute Gasteiger partial charge is 0.276 e. The molecule has 2 nitrogen and oxygen atoms in total. The van der Waals surface area contributed by atoms with Gasteiger partial charge in [-0.3, -0.25) is 4.79 Å². The van der Waals surface area contributed by atoms with Crippen LogP contribution in [0.15, 0.2) is 36.4 Å².